The van der Waals surface area contributed by atoms with Crippen molar-refractivity contribution in [2.75, 3.05) is 0 Å². The number of hydrogen-bond donors (Lipinski definition) is 1. The minimum absolute atomic E-state index is 0.0965. The highest BCUT2D eigenvalue weighted by atomic mass is 16.4. The standard InChI is InChI=1S/C12H22O2/c1-8(10(13)14)9(11(2,3)4)12(5,6)7/h1-7H3,(H,13,14). The summed E-state index contributed by atoms with van der Waals surface area (Å²) in [5, 5.41) is 9.02. The van der Waals surface area contributed by atoms with Crippen LogP contribution < -0.4 is 0 Å². The van der Waals surface area contributed by atoms with Crippen molar-refractivity contribution in [3.63, 3.8) is 0 Å². The summed E-state index contributed by atoms with van der Waals surface area (Å²) in [6.07, 6.45) is 0. The Morgan fingerprint density at radius 2 is 1.21 bits per heavy atom. The van der Waals surface area contributed by atoms with Crippen molar-refractivity contribution in [2.45, 2.75) is 48.5 Å². The molecule has 0 aliphatic heterocycles. The maximum absolute atomic E-state index is 11.0. The van der Waals surface area contributed by atoms with Crippen molar-refractivity contribution in [1.29, 1.82) is 0 Å². The zero-order valence-corrected chi connectivity index (χ0v) is 10.4. The number of hydrogen-bond acceptors (Lipinski definition) is 1. The third kappa shape index (κ3) is 3.17. The lowest BCUT2D eigenvalue weighted by molar-refractivity contribution is -0.132. The summed E-state index contributed by atoms with van der Waals surface area (Å²) in [6.45, 7) is 14.0. The molecule has 0 atom stereocenters. The predicted octanol–water partition coefficient (Wildman–Crippen LogP) is 3.48. The van der Waals surface area contributed by atoms with Crippen LogP contribution in [-0.4, -0.2) is 11.1 Å². The van der Waals surface area contributed by atoms with Gasteiger partial charge in [-0.3, -0.25) is 0 Å². The highest BCUT2D eigenvalue weighted by molar-refractivity contribution is 5.87. The van der Waals surface area contributed by atoms with Gasteiger partial charge in [-0.25, -0.2) is 4.79 Å². The Labute approximate surface area is 87.0 Å². The van der Waals surface area contributed by atoms with Crippen LogP contribution >= 0.6 is 0 Å². The Balaban J connectivity index is 5.57. The number of allylic oxidation sites excluding steroid dienone is 1. The van der Waals surface area contributed by atoms with Gasteiger partial charge in [-0.2, -0.15) is 0 Å². The Morgan fingerprint density at radius 1 is 0.929 bits per heavy atom. The van der Waals surface area contributed by atoms with Crippen LogP contribution in [0.25, 0.3) is 0 Å². The third-order valence-electron chi connectivity index (χ3n) is 2.20. The molecule has 0 rings (SSSR count). The predicted molar refractivity (Wildman–Crippen MR) is 59.2 cm³/mol. The van der Waals surface area contributed by atoms with E-state index in [-0.39, 0.29) is 10.8 Å². The fourth-order valence-corrected chi connectivity index (χ4v) is 2.36. The Kier molecular flexibility index (Phi) is 3.54. The molecule has 2 nitrogen and oxygen atoms in total. The maximum atomic E-state index is 11.0. The minimum atomic E-state index is -0.815. The van der Waals surface area contributed by atoms with E-state index in [1.54, 1.807) is 6.92 Å². The van der Waals surface area contributed by atoms with Crippen molar-refractivity contribution >= 4 is 5.97 Å². The maximum Gasteiger partial charge on any atom is 0.331 e. The molecule has 0 saturated heterocycles. The molecule has 0 heterocycles. The van der Waals surface area contributed by atoms with Gasteiger partial charge in [-0.05, 0) is 23.3 Å². The van der Waals surface area contributed by atoms with Gasteiger partial charge in [0.05, 0.1) is 0 Å². The molecule has 82 valence electrons. The molecule has 0 aromatic carbocycles. The molecule has 0 radical (unpaired) electrons. The molecular weight excluding hydrogens is 176 g/mol. The van der Waals surface area contributed by atoms with Gasteiger partial charge >= 0.3 is 5.97 Å². The van der Waals surface area contributed by atoms with E-state index in [1.807, 2.05) is 0 Å². The summed E-state index contributed by atoms with van der Waals surface area (Å²) in [7, 11) is 0. The zero-order chi connectivity index (χ0) is 11.7. The van der Waals surface area contributed by atoms with E-state index in [1.165, 1.54) is 0 Å². The molecule has 0 fully saturated rings. The minimum Gasteiger partial charge on any atom is -0.478 e. The van der Waals surface area contributed by atoms with Crippen LogP contribution in [0, 0.1) is 10.8 Å². The molecule has 0 amide bonds. The summed E-state index contributed by atoms with van der Waals surface area (Å²) >= 11 is 0. The van der Waals surface area contributed by atoms with Crippen LogP contribution in [0.2, 0.25) is 0 Å². The second-order valence-corrected chi connectivity index (χ2v) is 5.81. The Morgan fingerprint density at radius 3 is 1.29 bits per heavy atom. The average Bonchev–Trinajstić information content (AvgIpc) is 1.79. The number of carbonyl (C=O) groups is 1. The number of aliphatic carboxylic acids is 1. The summed E-state index contributed by atoms with van der Waals surface area (Å²) in [5.74, 6) is -0.815. The third-order valence-corrected chi connectivity index (χ3v) is 2.20. The summed E-state index contributed by atoms with van der Waals surface area (Å²) in [5.41, 5.74) is 1.30. The fourth-order valence-electron chi connectivity index (χ4n) is 2.36. The van der Waals surface area contributed by atoms with Gasteiger partial charge in [0.1, 0.15) is 0 Å². The summed E-state index contributed by atoms with van der Waals surface area (Å²) < 4.78 is 0. The van der Waals surface area contributed by atoms with Crippen LogP contribution in [0.15, 0.2) is 11.1 Å². The molecule has 1 N–H and O–H groups in total. The van der Waals surface area contributed by atoms with Crippen molar-refractivity contribution in [1.82, 2.24) is 0 Å². The van der Waals surface area contributed by atoms with Crippen molar-refractivity contribution in [3.05, 3.63) is 11.1 Å². The van der Waals surface area contributed by atoms with Crippen molar-refractivity contribution in [3.8, 4) is 0 Å². The van der Waals surface area contributed by atoms with E-state index in [0.29, 0.717) is 5.57 Å². The molecular formula is C12H22O2. The molecule has 0 spiro atoms. The quantitative estimate of drug-likeness (QED) is 0.655. The van der Waals surface area contributed by atoms with E-state index < -0.39 is 5.97 Å². The number of rotatable bonds is 1. The first kappa shape index (κ1) is 13.2. The molecule has 0 unspecified atom stereocenters. The first-order valence-electron chi connectivity index (χ1n) is 4.93. The largest absolute Gasteiger partial charge is 0.478 e. The van der Waals surface area contributed by atoms with Crippen molar-refractivity contribution < 1.29 is 9.90 Å². The van der Waals surface area contributed by atoms with E-state index >= 15 is 0 Å². The first-order chi connectivity index (χ1) is 5.98. The van der Waals surface area contributed by atoms with Crippen LogP contribution in [0.5, 0.6) is 0 Å². The molecule has 14 heavy (non-hydrogen) atoms. The van der Waals surface area contributed by atoms with Crippen LogP contribution in [0.1, 0.15) is 48.5 Å². The number of carboxylic acid groups (broad SMARTS) is 1. The fraction of sp³-hybridized carbons (Fsp3) is 0.750. The van der Waals surface area contributed by atoms with Crippen LogP contribution in [0.4, 0.5) is 0 Å². The first-order valence-corrected chi connectivity index (χ1v) is 4.93. The van der Waals surface area contributed by atoms with E-state index in [2.05, 4.69) is 41.5 Å². The molecule has 0 aromatic rings. The second kappa shape index (κ2) is 3.76. The SMILES string of the molecule is CC(C(=O)O)=C(C(C)(C)C)C(C)(C)C. The van der Waals surface area contributed by atoms with E-state index in [0.717, 1.165) is 5.57 Å². The van der Waals surface area contributed by atoms with Gasteiger partial charge in [-0.1, -0.05) is 41.5 Å². The van der Waals surface area contributed by atoms with E-state index in [4.69, 9.17) is 5.11 Å². The van der Waals surface area contributed by atoms with Gasteiger partial charge in [0.2, 0.25) is 0 Å². The van der Waals surface area contributed by atoms with Crippen LogP contribution in [0.3, 0.4) is 0 Å². The molecule has 0 bridgehead atoms. The Bertz CT molecular complexity index is 243. The van der Waals surface area contributed by atoms with Gasteiger partial charge < -0.3 is 5.11 Å². The number of carboxylic acids is 1. The highest BCUT2D eigenvalue weighted by Crippen LogP contribution is 2.41. The zero-order valence-electron chi connectivity index (χ0n) is 10.4. The van der Waals surface area contributed by atoms with Gasteiger partial charge in [0.15, 0.2) is 0 Å². The molecule has 0 aliphatic rings. The van der Waals surface area contributed by atoms with Gasteiger partial charge in [0.25, 0.3) is 0 Å². The summed E-state index contributed by atoms with van der Waals surface area (Å²) in [4.78, 5) is 11.0. The normalized spacial score (nSPS) is 12.5. The van der Waals surface area contributed by atoms with Gasteiger partial charge in [0, 0.05) is 5.57 Å². The second-order valence-electron chi connectivity index (χ2n) is 5.81. The topological polar surface area (TPSA) is 37.3 Å². The molecule has 2 heteroatoms. The smallest absolute Gasteiger partial charge is 0.331 e. The summed E-state index contributed by atoms with van der Waals surface area (Å²) in [6, 6.07) is 0. The molecule has 0 aromatic heterocycles. The highest BCUT2D eigenvalue weighted by Gasteiger charge is 2.31. The lowest BCUT2D eigenvalue weighted by atomic mass is 9.70. The average molecular weight is 198 g/mol. The molecule has 0 aliphatic carbocycles. The Hall–Kier alpha value is -0.790. The van der Waals surface area contributed by atoms with E-state index in [9.17, 15) is 4.79 Å². The lowest BCUT2D eigenvalue weighted by Gasteiger charge is -2.35. The lowest BCUT2D eigenvalue weighted by Crippen LogP contribution is -2.25. The van der Waals surface area contributed by atoms with Crippen LogP contribution in [-0.2, 0) is 4.79 Å². The molecule has 0 saturated carbocycles. The van der Waals surface area contributed by atoms with Gasteiger partial charge in [-0.15, -0.1) is 0 Å². The van der Waals surface area contributed by atoms with Crippen molar-refractivity contribution in [2.24, 2.45) is 10.8 Å². The monoisotopic (exact) mass is 198 g/mol.